The van der Waals surface area contributed by atoms with Crippen LogP contribution in [0.25, 0.3) is 0 Å². The van der Waals surface area contributed by atoms with E-state index in [2.05, 4.69) is 21.3 Å². The van der Waals surface area contributed by atoms with E-state index in [0.717, 1.165) is 21.7 Å². The smallest absolute Gasteiger partial charge is 0.323 e. The number of hydrogen-bond acceptors (Lipinski definition) is 4. The number of aryl methyl sites for hydroxylation is 1. The van der Waals surface area contributed by atoms with E-state index in [-0.39, 0.29) is 17.8 Å². The molecule has 0 atom stereocenters. The van der Waals surface area contributed by atoms with Gasteiger partial charge in [0.2, 0.25) is 5.91 Å². The van der Waals surface area contributed by atoms with E-state index in [1.165, 1.54) is 18.3 Å². The van der Waals surface area contributed by atoms with Crippen molar-refractivity contribution >= 4 is 40.6 Å². The predicted octanol–water partition coefficient (Wildman–Crippen LogP) is 4.27. The van der Waals surface area contributed by atoms with Gasteiger partial charge in [-0.25, -0.2) is 4.79 Å². The minimum absolute atomic E-state index is 0.111. The molecule has 1 heterocycles. The number of benzene rings is 2. The standard InChI is InChI=1S/C23H24N4O3S/c1-15-5-3-7-18(11-15)26-23(30)27-19-8-4-6-17(12-19)13-25-22(29)21-10-9-20(31-21)14-24-16(2)28/h3-12H,13-14H2,1-2H3,(H,24,28)(H,25,29)(H2,26,27,30). The van der Waals surface area contributed by atoms with E-state index >= 15 is 0 Å². The summed E-state index contributed by atoms with van der Waals surface area (Å²) in [6.07, 6.45) is 0. The highest BCUT2D eigenvalue weighted by Crippen LogP contribution is 2.17. The fraction of sp³-hybridized carbons (Fsp3) is 0.174. The fourth-order valence-electron chi connectivity index (χ4n) is 2.85. The topological polar surface area (TPSA) is 99.3 Å². The molecule has 0 saturated heterocycles. The molecule has 4 amide bonds. The molecule has 0 bridgehead atoms. The Morgan fingerprint density at radius 2 is 1.55 bits per heavy atom. The molecule has 7 nitrogen and oxygen atoms in total. The van der Waals surface area contributed by atoms with Gasteiger partial charge in [-0.1, -0.05) is 24.3 Å². The molecule has 0 fully saturated rings. The van der Waals surface area contributed by atoms with Crippen LogP contribution in [0.2, 0.25) is 0 Å². The minimum Gasteiger partial charge on any atom is -0.351 e. The Morgan fingerprint density at radius 1 is 0.839 bits per heavy atom. The van der Waals surface area contributed by atoms with Crippen molar-refractivity contribution in [3.63, 3.8) is 0 Å². The SMILES string of the molecule is CC(=O)NCc1ccc(C(=O)NCc2cccc(NC(=O)Nc3cccc(C)c3)c2)s1. The number of amides is 4. The molecule has 0 unspecified atom stereocenters. The summed E-state index contributed by atoms with van der Waals surface area (Å²) in [7, 11) is 0. The van der Waals surface area contributed by atoms with Crippen LogP contribution in [0.1, 0.15) is 32.6 Å². The van der Waals surface area contributed by atoms with Gasteiger partial charge < -0.3 is 21.3 Å². The molecule has 2 aromatic carbocycles. The zero-order valence-corrected chi connectivity index (χ0v) is 18.1. The van der Waals surface area contributed by atoms with Crippen molar-refractivity contribution in [2.45, 2.75) is 26.9 Å². The minimum atomic E-state index is -0.336. The summed E-state index contributed by atoms with van der Waals surface area (Å²) < 4.78 is 0. The lowest BCUT2D eigenvalue weighted by Gasteiger charge is -2.10. The lowest BCUT2D eigenvalue weighted by molar-refractivity contribution is -0.119. The van der Waals surface area contributed by atoms with Gasteiger partial charge in [-0.3, -0.25) is 9.59 Å². The number of hydrogen-bond donors (Lipinski definition) is 4. The molecule has 3 rings (SSSR count). The van der Waals surface area contributed by atoms with Crippen molar-refractivity contribution in [2.75, 3.05) is 10.6 Å². The van der Waals surface area contributed by atoms with E-state index in [4.69, 9.17) is 0 Å². The second kappa shape index (κ2) is 10.4. The van der Waals surface area contributed by atoms with Crippen LogP contribution >= 0.6 is 11.3 Å². The number of carbonyl (C=O) groups is 3. The Balaban J connectivity index is 1.52. The summed E-state index contributed by atoms with van der Waals surface area (Å²) in [6, 6.07) is 18.1. The number of thiophene rings is 1. The normalized spacial score (nSPS) is 10.3. The summed E-state index contributed by atoms with van der Waals surface area (Å²) in [5.74, 6) is -0.296. The Bertz CT molecular complexity index is 1090. The summed E-state index contributed by atoms with van der Waals surface area (Å²) in [4.78, 5) is 37.1. The van der Waals surface area contributed by atoms with Gasteiger partial charge in [0.05, 0.1) is 11.4 Å². The Labute approximate surface area is 184 Å². The van der Waals surface area contributed by atoms with Gasteiger partial charge in [0.15, 0.2) is 0 Å². The van der Waals surface area contributed by atoms with Crippen LogP contribution in [0.15, 0.2) is 60.7 Å². The maximum absolute atomic E-state index is 12.4. The molecule has 0 aliphatic carbocycles. The summed E-state index contributed by atoms with van der Waals surface area (Å²) in [5.41, 5.74) is 3.26. The molecule has 8 heteroatoms. The van der Waals surface area contributed by atoms with E-state index in [1.807, 2.05) is 55.5 Å². The molecule has 0 radical (unpaired) electrons. The van der Waals surface area contributed by atoms with Crippen molar-refractivity contribution in [3.8, 4) is 0 Å². The second-order valence-corrected chi connectivity index (χ2v) is 8.18. The van der Waals surface area contributed by atoms with Crippen LogP contribution in [0, 0.1) is 6.92 Å². The van der Waals surface area contributed by atoms with E-state index in [1.54, 1.807) is 12.1 Å². The van der Waals surface area contributed by atoms with Gasteiger partial charge in [-0.2, -0.15) is 0 Å². The van der Waals surface area contributed by atoms with Crippen LogP contribution in [-0.4, -0.2) is 17.8 Å². The molecule has 1 aromatic heterocycles. The van der Waals surface area contributed by atoms with Gasteiger partial charge in [-0.15, -0.1) is 11.3 Å². The lowest BCUT2D eigenvalue weighted by atomic mass is 10.2. The molecule has 0 saturated carbocycles. The van der Waals surface area contributed by atoms with Crippen LogP contribution < -0.4 is 21.3 Å². The van der Waals surface area contributed by atoms with Crippen LogP contribution in [0.3, 0.4) is 0 Å². The zero-order chi connectivity index (χ0) is 22.2. The highest BCUT2D eigenvalue weighted by Gasteiger charge is 2.10. The number of carbonyl (C=O) groups excluding carboxylic acids is 3. The number of rotatable bonds is 7. The summed E-state index contributed by atoms with van der Waals surface area (Å²) >= 11 is 1.34. The van der Waals surface area contributed by atoms with Crippen LogP contribution in [0.4, 0.5) is 16.2 Å². The highest BCUT2D eigenvalue weighted by atomic mass is 32.1. The van der Waals surface area contributed by atoms with E-state index in [9.17, 15) is 14.4 Å². The first kappa shape index (κ1) is 22.0. The number of urea groups is 1. The molecular weight excluding hydrogens is 412 g/mol. The first-order chi connectivity index (χ1) is 14.9. The Morgan fingerprint density at radius 3 is 2.26 bits per heavy atom. The van der Waals surface area contributed by atoms with Gasteiger partial charge >= 0.3 is 6.03 Å². The first-order valence-corrected chi connectivity index (χ1v) is 10.6. The lowest BCUT2D eigenvalue weighted by Crippen LogP contribution is -2.22. The van der Waals surface area contributed by atoms with E-state index < -0.39 is 0 Å². The number of anilines is 2. The molecule has 0 spiro atoms. The molecule has 4 N–H and O–H groups in total. The van der Waals surface area contributed by atoms with Crippen molar-refractivity contribution in [1.29, 1.82) is 0 Å². The molecule has 0 aliphatic rings. The monoisotopic (exact) mass is 436 g/mol. The Hall–Kier alpha value is -3.65. The average Bonchev–Trinajstić information content (AvgIpc) is 3.20. The summed E-state index contributed by atoms with van der Waals surface area (Å²) in [5, 5.41) is 11.2. The third kappa shape index (κ3) is 6.97. The van der Waals surface area contributed by atoms with Crippen molar-refractivity contribution < 1.29 is 14.4 Å². The van der Waals surface area contributed by atoms with Crippen LogP contribution in [-0.2, 0) is 17.9 Å². The van der Waals surface area contributed by atoms with Crippen molar-refractivity contribution in [2.24, 2.45) is 0 Å². The molecule has 31 heavy (non-hydrogen) atoms. The molecular formula is C23H24N4O3S. The molecule has 0 aliphatic heterocycles. The van der Waals surface area contributed by atoms with Gasteiger partial charge in [0.1, 0.15) is 0 Å². The zero-order valence-electron chi connectivity index (χ0n) is 17.3. The van der Waals surface area contributed by atoms with Crippen molar-refractivity contribution in [3.05, 3.63) is 81.5 Å². The van der Waals surface area contributed by atoms with E-state index in [0.29, 0.717) is 23.7 Å². The maximum Gasteiger partial charge on any atom is 0.323 e. The van der Waals surface area contributed by atoms with Crippen LogP contribution in [0.5, 0.6) is 0 Å². The molecule has 3 aromatic rings. The van der Waals surface area contributed by atoms with Gasteiger partial charge in [0.25, 0.3) is 5.91 Å². The Kier molecular flexibility index (Phi) is 7.40. The average molecular weight is 437 g/mol. The highest BCUT2D eigenvalue weighted by molar-refractivity contribution is 7.14. The quantitative estimate of drug-likeness (QED) is 0.445. The fourth-order valence-corrected chi connectivity index (χ4v) is 3.72. The maximum atomic E-state index is 12.4. The first-order valence-electron chi connectivity index (χ1n) is 9.74. The van der Waals surface area contributed by atoms with Gasteiger partial charge in [0, 0.05) is 29.7 Å². The summed E-state index contributed by atoms with van der Waals surface area (Å²) in [6.45, 7) is 4.15. The third-order valence-electron chi connectivity index (χ3n) is 4.31. The predicted molar refractivity (Wildman–Crippen MR) is 123 cm³/mol. The largest absolute Gasteiger partial charge is 0.351 e. The van der Waals surface area contributed by atoms with Gasteiger partial charge in [-0.05, 0) is 54.4 Å². The van der Waals surface area contributed by atoms with Crippen molar-refractivity contribution in [1.82, 2.24) is 10.6 Å². The second-order valence-electron chi connectivity index (χ2n) is 7.01. The third-order valence-corrected chi connectivity index (χ3v) is 5.39. The molecule has 160 valence electrons. The number of nitrogens with one attached hydrogen (secondary N) is 4.